The number of rotatable bonds is 0. The van der Waals surface area contributed by atoms with E-state index in [1.165, 1.54) is 75.1 Å². The van der Waals surface area contributed by atoms with E-state index in [0.29, 0.717) is 23.0 Å². The van der Waals surface area contributed by atoms with Crippen molar-refractivity contribution < 1.29 is 37.9 Å². The normalized spacial score (nSPS) is 20.2. The first-order chi connectivity index (χ1) is 15.9. The van der Waals surface area contributed by atoms with Crippen molar-refractivity contribution >= 4 is 0 Å². The number of benzene rings is 2. The summed E-state index contributed by atoms with van der Waals surface area (Å²) in [5.74, 6) is 1.93. The van der Waals surface area contributed by atoms with Crippen molar-refractivity contribution in [3.05, 3.63) is 124 Å². The molecule has 8 nitrogen and oxygen atoms in total. The van der Waals surface area contributed by atoms with Gasteiger partial charge in [-0.05, 0) is 24.3 Å². The van der Waals surface area contributed by atoms with Gasteiger partial charge in [-0.25, -0.2) is 0 Å². The molecule has 2 aromatic carbocycles. The van der Waals surface area contributed by atoms with Gasteiger partial charge in [0.05, 0.1) is 0 Å². The molecule has 0 aromatic heterocycles. The van der Waals surface area contributed by atoms with E-state index in [1.807, 2.05) is 24.3 Å². The van der Waals surface area contributed by atoms with Gasteiger partial charge in [0, 0.05) is 0 Å². The Morgan fingerprint density at radius 2 is 0.500 bits per heavy atom. The topological polar surface area (TPSA) is 73.8 Å². The first-order valence-corrected chi connectivity index (χ1v) is 9.30. The smallest absolute Gasteiger partial charge is 0.169 e. The van der Waals surface area contributed by atoms with Gasteiger partial charge >= 0.3 is 0 Å². The van der Waals surface area contributed by atoms with Crippen LogP contribution in [0.2, 0.25) is 0 Å². The van der Waals surface area contributed by atoms with Crippen molar-refractivity contribution in [3.8, 4) is 23.0 Å². The van der Waals surface area contributed by atoms with Crippen molar-refractivity contribution in [1.29, 1.82) is 0 Å². The average Bonchev–Trinajstić information content (AvgIpc) is 2.82. The maximum absolute atomic E-state index is 5.49. The average molecular weight is 436 g/mol. The van der Waals surface area contributed by atoms with Crippen LogP contribution in [0, 0.1) is 0 Å². The van der Waals surface area contributed by atoms with Crippen molar-refractivity contribution in [1.82, 2.24) is 0 Å². The van der Waals surface area contributed by atoms with Gasteiger partial charge in [-0.1, -0.05) is 24.3 Å². The lowest BCUT2D eigenvalue weighted by atomic mass is 10.3. The lowest BCUT2D eigenvalue weighted by molar-refractivity contribution is 0.316. The first-order valence-electron chi connectivity index (χ1n) is 9.30. The second-order valence-electron chi connectivity index (χ2n) is 5.54. The SMILES string of the molecule is C1=C\O/C=C\Oc2ccccc2O/C=C\O/C=C\O/C=C\Oc2ccccc2O/C=C\O/1. The molecule has 8 heteroatoms. The highest BCUT2D eigenvalue weighted by atomic mass is 16.5. The Labute approximate surface area is 185 Å². The fourth-order valence-corrected chi connectivity index (χ4v) is 2.13. The largest absolute Gasteiger partial charge is 0.466 e. The molecule has 0 bridgehead atoms. The van der Waals surface area contributed by atoms with Gasteiger partial charge in [0.25, 0.3) is 0 Å². The van der Waals surface area contributed by atoms with E-state index in [2.05, 4.69) is 0 Å². The van der Waals surface area contributed by atoms with Crippen LogP contribution in [-0.4, -0.2) is 0 Å². The van der Waals surface area contributed by atoms with E-state index in [4.69, 9.17) is 37.9 Å². The van der Waals surface area contributed by atoms with Crippen LogP contribution < -0.4 is 18.9 Å². The van der Waals surface area contributed by atoms with E-state index in [1.54, 1.807) is 24.3 Å². The predicted molar refractivity (Wildman–Crippen MR) is 115 cm³/mol. The zero-order valence-electron chi connectivity index (χ0n) is 16.8. The molecule has 164 valence electrons. The lowest BCUT2D eigenvalue weighted by Gasteiger charge is -2.06. The summed E-state index contributed by atoms with van der Waals surface area (Å²) >= 11 is 0. The zero-order valence-corrected chi connectivity index (χ0v) is 16.8. The van der Waals surface area contributed by atoms with Gasteiger partial charge in [0.2, 0.25) is 0 Å². The number of hydrogen-bond acceptors (Lipinski definition) is 8. The number of fused-ring (bicyclic) bond motifs is 2. The van der Waals surface area contributed by atoms with Crippen molar-refractivity contribution in [3.63, 3.8) is 0 Å². The monoisotopic (exact) mass is 436 g/mol. The Kier molecular flexibility index (Phi) is 9.27. The molecule has 0 spiro atoms. The molecule has 3 rings (SSSR count). The van der Waals surface area contributed by atoms with E-state index in [0.717, 1.165) is 0 Å². The van der Waals surface area contributed by atoms with Crippen molar-refractivity contribution in [2.24, 2.45) is 0 Å². The highest BCUT2D eigenvalue weighted by Crippen LogP contribution is 2.27. The zero-order chi connectivity index (χ0) is 22.1. The third-order valence-electron chi connectivity index (χ3n) is 3.44. The fraction of sp³-hybridized carbons (Fsp3) is 0. The van der Waals surface area contributed by atoms with Gasteiger partial charge in [0.1, 0.15) is 75.1 Å². The molecule has 0 N–H and O–H groups in total. The van der Waals surface area contributed by atoms with Crippen LogP contribution in [0.25, 0.3) is 0 Å². The van der Waals surface area contributed by atoms with Crippen molar-refractivity contribution in [2.45, 2.75) is 0 Å². The minimum absolute atomic E-state index is 0.482. The van der Waals surface area contributed by atoms with Crippen molar-refractivity contribution in [2.75, 3.05) is 0 Å². The molecule has 0 saturated heterocycles. The van der Waals surface area contributed by atoms with Gasteiger partial charge in [-0.3, -0.25) is 0 Å². The van der Waals surface area contributed by atoms with Crippen LogP contribution in [-0.2, 0) is 18.9 Å². The molecule has 32 heavy (non-hydrogen) atoms. The lowest BCUT2D eigenvalue weighted by Crippen LogP contribution is -1.89. The summed E-state index contributed by atoms with van der Waals surface area (Å²) < 4.78 is 42.5. The van der Waals surface area contributed by atoms with Gasteiger partial charge in [-0.2, -0.15) is 0 Å². The van der Waals surface area contributed by atoms with Crippen LogP contribution in [0.3, 0.4) is 0 Å². The maximum atomic E-state index is 5.49. The molecule has 1 aliphatic rings. The highest BCUT2D eigenvalue weighted by molar-refractivity contribution is 5.41. The summed E-state index contributed by atoms with van der Waals surface area (Å²) in [5, 5.41) is 0. The molecule has 0 atom stereocenters. The Morgan fingerprint density at radius 3 is 0.750 bits per heavy atom. The minimum Gasteiger partial charge on any atom is -0.466 e. The van der Waals surface area contributed by atoms with Crippen LogP contribution in [0.5, 0.6) is 23.0 Å². The molecule has 0 radical (unpaired) electrons. The van der Waals surface area contributed by atoms with Crippen LogP contribution in [0.4, 0.5) is 0 Å². The molecule has 0 aliphatic carbocycles. The molecule has 1 aliphatic heterocycles. The number of ether oxygens (including phenoxy) is 8. The van der Waals surface area contributed by atoms with Gasteiger partial charge in [0.15, 0.2) is 23.0 Å². The third-order valence-corrected chi connectivity index (χ3v) is 3.44. The molecule has 0 unspecified atom stereocenters. The maximum Gasteiger partial charge on any atom is 0.169 e. The summed E-state index contributed by atoms with van der Waals surface area (Å²) in [6.45, 7) is 0. The standard InChI is InChI=1S/C24H20O8/c1-2-6-22-21(5-1)29-17-13-25-9-10-27-15-19-31-23-7-3-4-8-24(23)32-20-16-28-12-11-26-14-18-30-22/h1-20H/b10-9-,12-11-,17-13-,18-14-,19-15-,20-16-. The van der Waals surface area contributed by atoms with E-state index in [9.17, 15) is 0 Å². The van der Waals surface area contributed by atoms with Gasteiger partial charge in [-0.15, -0.1) is 0 Å². The Balaban J connectivity index is 1.64. The van der Waals surface area contributed by atoms with Crippen LogP contribution >= 0.6 is 0 Å². The molecular weight excluding hydrogens is 416 g/mol. The van der Waals surface area contributed by atoms with E-state index >= 15 is 0 Å². The second-order valence-corrected chi connectivity index (χ2v) is 5.54. The predicted octanol–water partition coefficient (Wildman–Crippen LogP) is 5.81. The summed E-state index contributed by atoms with van der Waals surface area (Å²) in [6.07, 6.45) is 16.0. The van der Waals surface area contributed by atoms with Gasteiger partial charge < -0.3 is 37.9 Å². The highest BCUT2D eigenvalue weighted by Gasteiger charge is 2.02. The summed E-state index contributed by atoms with van der Waals surface area (Å²) in [7, 11) is 0. The molecular formula is C24H20O8. The Bertz CT molecular complexity index is 845. The summed E-state index contributed by atoms with van der Waals surface area (Å²) in [6, 6.07) is 14.2. The summed E-state index contributed by atoms with van der Waals surface area (Å²) in [4.78, 5) is 0. The molecule has 1 heterocycles. The molecule has 0 fully saturated rings. The van der Waals surface area contributed by atoms with E-state index < -0.39 is 0 Å². The number of hydrogen-bond donors (Lipinski definition) is 0. The Hall–Kier alpha value is -4.72. The minimum atomic E-state index is 0.482. The van der Waals surface area contributed by atoms with E-state index in [-0.39, 0.29) is 0 Å². The summed E-state index contributed by atoms with van der Waals surface area (Å²) in [5.41, 5.74) is 0. The molecule has 2 aromatic rings. The quantitative estimate of drug-likeness (QED) is 0.512. The second kappa shape index (κ2) is 13.5. The Morgan fingerprint density at radius 1 is 0.281 bits per heavy atom. The first kappa shape index (κ1) is 22.0. The third kappa shape index (κ3) is 7.96. The molecule has 0 amide bonds. The molecule has 0 saturated carbocycles. The number of para-hydroxylation sites is 4. The fourth-order valence-electron chi connectivity index (χ4n) is 2.13. The van der Waals surface area contributed by atoms with Crippen LogP contribution in [0.15, 0.2) is 124 Å². The van der Waals surface area contributed by atoms with Crippen LogP contribution in [0.1, 0.15) is 0 Å².